The van der Waals surface area contributed by atoms with E-state index in [9.17, 15) is 10.1 Å². The van der Waals surface area contributed by atoms with Gasteiger partial charge in [-0.3, -0.25) is 10.1 Å². The molecule has 0 saturated carbocycles. The van der Waals surface area contributed by atoms with Crippen LogP contribution in [0.25, 0.3) is 0 Å². The lowest BCUT2D eigenvalue weighted by Crippen LogP contribution is -1.98. The second-order valence-electron chi connectivity index (χ2n) is 3.81. The third kappa shape index (κ3) is 2.89. The molecule has 0 amide bonds. The number of benzene rings is 1. The minimum atomic E-state index is -0.550. The molecule has 18 heavy (non-hydrogen) atoms. The van der Waals surface area contributed by atoms with Crippen LogP contribution >= 0.6 is 15.9 Å². The first kappa shape index (κ1) is 12.6. The van der Waals surface area contributed by atoms with E-state index in [1.807, 2.05) is 25.1 Å². The van der Waals surface area contributed by atoms with E-state index in [1.54, 1.807) is 6.07 Å². The summed E-state index contributed by atoms with van der Waals surface area (Å²) in [4.78, 5) is 9.91. The van der Waals surface area contributed by atoms with Crippen LogP contribution in [0.2, 0.25) is 0 Å². The maximum Gasteiger partial charge on any atom is 0.433 e. The third-order valence-corrected chi connectivity index (χ3v) is 3.32. The van der Waals surface area contributed by atoms with Crippen molar-refractivity contribution < 1.29 is 9.34 Å². The predicted molar refractivity (Wildman–Crippen MR) is 71.6 cm³/mol. The Hall–Kier alpha value is -1.82. The Morgan fingerprint density at radius 2 is 2.17 bits per heavy atom. The summed E-state index contributed by atoms with van der Waals surface area (Å²) < 4.78 is 6.06. The Kier molecular flexibility index (Phi) is 3.66. The molecule has 1 heterocycles. The molecule has 6 heteroatoms. The van der Waals surface area contributed by atoms with Gasteiger partial charge in [-0.25, -0.2) is 0 Å². The summed E-state index contributed by atoms with van der Waals surface area (Å²) in [7, 11) is 0. The fraction of sp³-hybridized carbons (Fsp3) is 0.167. The summed E-state index contributed by atoms with van der Waals surface area (Å²) in [6, 6.07) is 8.82. The zero-order valence-corrected chi connectivity index (χ0v) is 11.2. The first-order valence-corrected chi connectivity index (χ1v) is 6.08. The molecule has 0 aliphatic carbocycles. The van der Waals surface area contributed by atoms with Crippen molar-refractivity contribution in [3.63, 3.8) is 0 Å². The van der Waals surface area contributed by atoms with Crippen LogP contribution in [0.1, 0.15) is 11.3 Å². The molecule has 0 saturated heterocycles. The van der Waals surface area contributed by atoms with E-state index < -0.39 is 4.92 Å². The molecule has 0 radical (unpaired) electrons. The van der Waals surface area contributed by atoms with E-state index in [-0.39, 0.29) is 5.88 Å². The first-order valence-electron chi connectivity index (χ1n) is 5.29. The number of hydrogen-bond acceptors (Lipinski definition) is 4. The monoisotopic (exact) mass is 310 g/mol. The van der Waals surface area contributed by atoms with Crippen molar-refractivity contribution in [2.24, 2.45) is 0 Å². The van der Waals surface area contributed by atoms with Gasteiger partial charge in [0.25, 0.3) is 0 Å². The van der Waals surface area contributed by atoms with Crippen molar-refractivity contribution >= 4 is 27.5 Å². The van der Waals surface area contributed by atoms with Gasteiger partial charge >= 0.3 is 5.88 Å². The van der Waals surface area contributed by atoms with Crippen molar-refractivity contribution in [1.29, 1.82) is 0 Å². The average Bonchev–Trinajstić information content (AvgIpc) is 2.79. The Morgan fingerprint density at radius 3 is 2.78 bits per heavy atom. The van der Waals surface area contributed by atoms with Gasteiger partial charge in [0.15, 0.2) is 0 Å². The van der Waals surface area contributed by atoms with Gasteiger partial charge in [0, 0.05) is 10.2 Å². The van der Waals surface area contributed by atoms with Gasteiger partial charge < -0.3 is 9.73 Å². The number of anilines is 1. The third-order valence-electron chi connectivity index (χ3n) is 2.47. The minimum absolute atomic E-state index is 0.239. The summed E-state index contributed by atoms with van der Waals surface area (Å²) in [5, 5.41) is 13.6. The quantitative estimate of drug-likeness (QED) is 0.687. The molecule has 0 aliphatic heterocycles. The van der Waals surface area contributed by atoms with Crippen molar-refractivity contribution in [2.75, 3.05) is 5.32 Å². The van der Waals surface area contributed by atoms with Crippen molar-refractivity contribution in [3.8, 4) is 0 Å². The van der Waals surface area contributed by atoms with Gasteiger partial charge in [-0.2, -0.15) is 0 Å². The van der Waals surface area contributed by atoms with Crippen molar-refractivity contribution in [2.45, 2.75) is 13.5 Å². The SMILES string of the molecule is Cc1ccc(NCc2ccc([N+](=O)[O-])o2)cc1Br. The lowest BCUT2D eigenvalue weighted by Gasteiger charge is -2.06. The number of furan rings is 1. The largest absolute Gasteiger partial charge is 0.433 e. The van der Waals surface area contributed by atoms with Crippen LogP contribution in [0.15, 0.2) is 39.2 Å². The van der Waals surface area contributed by atoms with Crippen molar-refractivity contribution in [1.82, 2.24) is 0 Å². The number of hydrogen-bond donors (Lipinski definition) is 1. The van der Waals surface area contributed by atoms with E-state index in [1.165, 1.54) is 6.07 Å². The standard InChI is InChI=1S/C12H11BrN2O3/c1-8-2-3-9(6-11(8)13)14-7-10-4-5-12(18-10)15(16)17/h2-6,14H,7H2,1H3. The fourth-order valence-corrected chi connectivity index (χ4v) is 1.83. The maximum atomic E-state index is 10.5. The van der Waals surface area contributed by atoms with Gasteiger partial charge in [-0.05, 0) is 30.7 Å². The lowest BCUT2D eigenvalue weighted by atomic mass is 10.2. The Bertz CT molecular complexity index is 580. The zero-order chi connectivity index (χ0) is 13.1. The number of rotatable bonds is 4. The van der Waals surface area contributed by atoms with Gasteiger partial charge in [0.1, 0.15) is 10.7 Å². The minimum Gasteiger partial charge on any atom is -0.404 e. The summed E-state index contributed by atoms with van der Waals surface area (Å²) in [5.74, 6) is 0.287. The van der Waals surface area contributed by atoms with Crippen molar-refractivity contribution in [3.05, 3.63) is 56.2 Å². The number of nitrogens with one attached hydrogen (secondary N) is 1. The molecule has 1 N–H and O–H groups in total. The van der Waals surface area contributed by atoms with E-state index in [0.717, 1.165) is 15.7 Å². The van der Waals surface area contributed by atoms with E-state index >= 15 is 0 Å². The molecule has 0 fully saturated rings. The Morgan fingerprint density at radius 1 is 1.39 bits per heavy atom. The molecule has 0 atom stereocenters. The van der Waals surface area contributed by atoms with Crippen LogP contribution in [-0.2, 0) is 6.54 Å². The summed E-state index contributed by atoms with van der Waals surface area (Å²) in [6.07, 6.45) is 0. The molecule has 1 aromatic carbocycles. The summed E-state index contributed by atoms with van der Waals surface area (Å²) in [6.45, 7) is 2.41. The summed E-state index contributed by atoms with van der Waals surface area (Å²) >= 11 is 3.44. The van der Waals surface area contributed by atoms with Gasteiger partial charge in [0.05, 0.1) is 12.6 Å². The molecule has 94 valence electrons. The smallest absolute Gasteiger partial charge is 0.404 e. The molecule has 5 nitrogen and oxygen atoms in total. The van der Waals surface area contributed by atoms with Gasteiger partial charge in [-0.15, -0.1) is 0 Å². The molecule has 1 aromatic heterocycles. The normalized spacial score (nSPS) is 10.3. The lowest BCUT2D eigenvalue weighted by molar-refractivity contribution is -0.402. The number of aryl methyl sites for hydroxylation is 1. The van der Waals surface area contributed by atoms with E-state index in [2.05, 4.69) is 21.2 Å². The van der Waals surface area contributed by atoms with Crippen LogP contribution in [0.4, 0.5) is 11.6 Å². The van der Waals surface area contributed by atoms with Crippen LogP contribution in [0.5, 0.6) is 0 Å². The van der Waals surface area contributed by atoms with Crippen LogP contribution in [0, 0.1) is 17.0 Å². The van der Waals surface area contributed by atoms with Crippen LogP contribution < -0.4 is 5.32 Å². The Labute approximate surface area is 112 Å². The van der Waals surface area contributed by atoms with Crippen LogP contribution in [-0.4, -0.2) is 4.92 Å². The fourth-order valence-electron chi connectivity index (χ4n) is 1.45. The second kappa shape index (κ2) is 5.22. The highest BCUT2D eigenvalue weighted by Gasteiger charge is 2.11. The molecule has 0 spiro atoms. The van der Waals surface area contributed by atoms with Gasteiger partial charge in [0.2, 0.25) is 0 Å². The highest BCUT2D eigenvalue weighted by atomic mass is 79.9. The topological polar surface area (TPSA) is 68.3 Å². The average molecular weight is 311 g/mol. The highest BCUT2D eigenvalue weighted by molar-refractivity contribution is 9.10. The second-order valence-corrected chi connectivity index (χ2v) is 4.67. The van der Waals surface area contributed by atoms with Gasteiger partial charge in [-0.1, -0.05) is 22.0 Å². The maximum absolute atomic E-state index is 10.5. The van der Waals surface area contributed by atoms with E-state index in [0.29, 0.717) is 12.3 Å². The molecule has 0 bridgehead atoms. The molecular weight excluding hydrogens is 300 g/mol. The number of halogens is 1. The molecule has 2 aromatic rings. The Balaban J connectivity index is 2.02. The van der Waals surface area contributed by atoms with E-state index in [4.69, 9.17) is 4.42 Å². The zero-order valence-electron chi connectivity index (χ0n) is 9.64. The highest BCUT2D eigenvalue weighted by Crippen LogP contribution is 2.22. The number of nitro groups is 1. The number of nitrogens with zero attached hydrogens (tertiary/aromatic N) is 1. The molecule has 0 unspecified atom stereocenters. The molecule has 0 aliphatic rings. The molecular formula is C12H11BrN2O3. The molecule has 2 rings (SSSR count). The summed E-state index contributed by atoms with van der Waals surface area (Å²) in [5.41, 5.74) is 2.07. The predicted octanol–water partition coefficient (Wildman–Crippen LogP) is 3.87. The first-order chi connectivity index (χ1) is 8.56. The van der Waals surface area contributed by atoms with Crippen LogP contribution in [0.3, 0.4) is 0 Å².